The molecule has 50 heavy (non-hydrogen) atoms. The first-order valence-corrected chi connectivity index (χ1v) is 17.7. The lowest BCUT2D eigenvalue weighted by molar-refractivity contribution is -0.157. The van der Waals surface area contributed by atoms with Crippen LogP contribution < -0.4 is 5.32 Å². The molecule has 2 heterocycles. The molecule has 0 radical (unpaired) electrons. The van der Waals surface area contributed by atoms with Crippen molar-refractivity contribution in [2.75, 3.05) is 7.11 Å². The number of hydrogen-bond acceptors (Lipinski definition) is 10. The maximum absolute atomic E-state index is 14.2. The molecule has 0 saturated carbocycles. The summed E-state index contributed by atoms with van der Waals surface area (Å²) in [5.41, 5.74) is -1.63. The Morgan fingerprint density at radius 3 is 2.60 bits per heavy atom. The van der Waals surface area contributed by atoms with E-state index < -0.39 is 59.2 Å². The van der Waals surface area contributed by atoms with Gasteiger partial charge in [0, 0.05) is 32.4 Å². The Morgan fingerprint density at radius 2 is 1.98 bits per heavy atom. The molecule has 11 atom stereocenters. The lowest BCUT2D eigenvalue weighted by Gasteiger charge is -2.32. The molecule has 1 fully saturated rings. The molecule has 2 aliphatic rings. The Hall–Kier alpha value is -2.64. The molecule has 10 nitrogen and oxygen atoms in total. The first-order valence-electron chi connectivity index (χ1n) is 17.3. The van der Waals surface area contributed by atoms with Crippen LogP contribution in [0.4, 0.5) is 4.39 Å². The van der Waals surface area contributed by atoms with Crippen LogP contribution in [-0.2, 0) is 35.1 Å². The summed E-state index contributed by atoms with van der Waals surface area (Å²) in [5.74, 6) is -2.06. The van der Waals surface area contributed by atoms with Gasteiger partial charge in [0.15, 0.2) is 0 Å². The van der Waals surface area contributed by atoms with Crippen LogP contribution in [0.5, 0.6) is 0 Å². The van der Waals surface area contributed by atoms with Gasteiger partial charge in [0.1, 0.15) is 29.7 Å². The number of carbonyl (C=O) groups excluding carboxylic acids is 2. The van der Waals surface area contributed by atoms with Crippen LogP contribution >= 0.6 is 11.6 Å². The van der Waals surface area contributed by atoms with Gasteiger partial charge >= 0.3 is 11.9 Å². The van der Waals surface area contributed by atoms with Gasteiger partial charge in [-0.2, -0.15) is 0 Å². The lowest BCUT2D eigenvalue weighted by Crippen LogP contribution is -2.52. The zero-order valence-electron chi connectivity index (χ0n) is 30.4. The molecule has 3 rings (SSSR count). The van der Waals surface area contributed by atoms with Crippen molar-refractivity contribution in [3.63, 3.8) is 0 Å². The third-order valence-corrected chi connectivity index (χ3v) is 10.0. The summed E-state index contributed by atoms with van der Waals surface area (Å²) < 4.78 is 37.2. The second kappa shape index (κ2) is 18.2. The van der Waals surface area contributed by atoms with Crippen LogP contribution in [0.25, 0.3) is 0 Å². The number of aliphatic hydroxyl groups excluding tert-OH is 1. The largest absolute Gasteiger partial charge is 0.457 e. The van der Waals surface area contributed by atoms with Crippen molar-refractivity contribution in [2.45, 2.75) is 135 Å². The summed E-state index contributed by atoms with van der Waals surface area (Å²) in [4.78, 5) is 24.7. The molecule has 4 N–H and O–H groups in total. The van der Waals surface area contributed by atoms with Gasteiger partial charge in [0.05, 0.1) is 41.4 Å². The topological polar surface area (TPSA) is 147 Å². The zero-order valence-corrected chi connectivity index (χ0v) is 31.2. The minimum Gasteiger partial charge on any atom is -0.457 e. The fourth-order valence-corrected chi connectivity index (χ4v) is 6.67. The van der Waals surface area contributed by atoms with Crippen LogP contribution in [0.2, 0.25) is 5.02 Å². The Balaban J connectivity index is 1.88. The molecule has 280 valence electrons. The van der Waals surface area contributed by atoms with Gasteiger partial charge in [-0.15, -0.1) is 0 Å². The van der Waals surface area contributed by atoms with Crippen LogP contribution in [0.1, 0.15) is 79.7 Å². The van der Waals surface area contributed by atoms with E-state index in [0.717, 1.165) is 6.42 Å². The number of cyclic esters (lactones) is 1. The smallest absolute Gasteiger partial charge is 0.309 e. The van der Waals surface area contributed by atoms with E-state index in [4.69, 9.17) is 30.5 Å². The standard InChI is InChI=1S/C38H55ClFNO9/c1-9-30(47-8)24(4)34-35(50-34)36(41-21-26-13-14-28(39)29(40)19-26)38(7,46)17-10-11-22(2)33-23(3)12-15-31(48-25(5)42)37(6,45)18-16-27(43)20-32(44)49-33/h10-15,17,19,23-24,27,30-31,33-36,41,43,45-46H,9,16,18,20-21H2,1-8H3/b15-12+,17-10+,22-11+/t23-,24+,27+,30-,31-,33+,34+,35-,36?,37+,38?/m0/s1. The average Bonchev–Trinajstić information content (AvgIpc) is 3.82. The molecule has 0 spiro atoms. The first kappa shape index (κ1) is 41.8. The van der Waals surface area contributed by atoms with Crippen molar-refractivity contribution in [2.24, 2.45) is 11.8 Å². The van der Waals surface area contributed by atoms with Crippen molar-refractivity contribution in [1.29, 1.82) is 0 Å². The molecule has 12 heteroatoms. The molecular weight excluding hydrogens is 669 g/mol. The monoisotopic (exact) mass is 723 g/mol. The Labute approximate surface area is 300 Å². The SMILES string of the molecule is CC[C@H](OC)[C@@H](C)[C@H]1O[C@@H]1C(NCc1ccc(Cl)c(F)c1)C(C)(O)/C=C/C=C(\C)[C@H]1OC(=O)C[C@H](O)CC[C@@](C)(O)[C@@H](OC(C)=O)/C=C/[C@@H]1C. The molecule has 0 amide bonds. The van der Waals surface area contributed by atoms with E-state index in [0.29, 0.717) is 11.1 Å². The minimum absolute atomic E-state index is 0.0243. The molecule has 1 saturated heterocycles. The predicted molar refractivity (Wildman–Crippen MR) is 189 cm³/mol. The Bertz CT molecular complexity index is 1390. The van der Waals surface area contributed by atoms with Gasteiger partial charge in [0.25, 0.3) is 0 Å². The molecule has 1 aromatic rings. The number of nitrogens with one attached hydrogen (secondary N) is 1. The molecular formula is C38H55ClFNO9. The number of carbonyl (C=O) groups is 2. The second-order valence-corrected chi connectivity index (χ2v) is 14.6. The number of epoxide rings is 1. The number of hydrogen-bond donors (Lipinski definition) is 4. The normalized spacial score (nSPS) is 31.8. The number of rotatable bonds is 13. The summed E-state index contributed by atoms with van der Waals surface area (Å²) in [6.07, 6.45) is 5.69. The van der Waals surface area contributed by atoms with E-state index in [1.54, 1.807) is 57.4 Å². The molecule has 0 bridgehead atoms. The van der Waals surface area contributed by atoms with Crippen molar-refractivity contribution in [3.05, 3.63) is 70.6 Å². The molecule has 1 aromatic carbocycles. The highest BCUT2D eigenvalue weighted by Crippen LogP contribution is 2.39. The van der Waals surface area contributed by atoms with Gasteiger partial charge in [-0.05, 0) is 69.4 Å². The van der Waals surface area contributed by atoms with E-state index in [2.05, 4.69) is 12.2 Å². The third-order valence-electron chi connectivity index (χ3n) is 9.70. The van der Waals surface area contributed by atoms with Crippen LogP contribution in [0.15, 0.2) is 54.2 Å². The third kappa shape index (κ3) is 11.7. The summed E-state index contributed by atoms with van der Waals surface area (Å²) in [6.45, 7) is 12.4. The van der Waals surface area contributed by atoms with Crippen molar-refractivity contribution < 1.29 is 48.2 Å². The van der Waals surface area contributed by atoms with Crippen molar-refractivity contribution >= 4 is 23.5 Å². The highest BCUT2D eigenvalue weighted by atomic mass is 35.5. The molecule has 2 unspecified atom stereocenters. The minimum atomic E-state index is -1.48. The summed E-state index contributed by atoms with van der Waals surface area (Å²) in [7, 11) is 1.67. The number of benzene rings is 1. The number of allylic oxidation sites excluding steroid dienone is 2. The molecule has 2 aliphatic heterocycles. The number of aliphatic hydroxyl groups is 3. The Morgan fingerprint density at radius 1 is 1.28 bits per heavy atom. The van der Waals surface area contributed by atoms with Crippen LogP contribution in [0, 0.1) is 17.7 Å². The maximum atomic E-state index is 14.2. The van der Waals surface area contributed by atoms with E-state index in [9.17, 15) is 29.3 Å². The van der Waals surface area contributed by atoms with E-state index >= 15 is 0 Å². The molecule has 0 aromatic heterocycles. The highest BCUT2D eigenvalue weighted by molar-refractivity contribution is 6.30. The quantitative estimate of drug-likeness (QED) is 0.0909. The lowest BCUT2D eigenvalue weighted by atomic mass is 9.87. The summed E-state index contributed by atoms with van der Waals surface area (Å²) in [6, 6.07) is 3.96. The van der Waals surface area contributed by atoms with Crippen LogP contribution in [0.3, 0.4) is 0 Å². The van der Waals surface area contributed by atoms with E-state index in [-0.39, 0.29) is 55.1 Å². The van der Waals surface area contributed by atoms with Gasteiger partial charge in [0.2, 0.25) is 0 Å². The van der Waals surface area contributed by atoms with Crippen molar-refractivity contribution in [1.82, 2.24) is 5.32 Å². The number of ether oxygens (including phenoxy) is 4. The zero-order chi connectivity index (χ0) is 37.4. The van der Waals surface area contributed by atoms with Crippen LogP contribution in [-0.4, -0.2) is 88.2 Å². The number of methoxy groups -OCH3 is 1. The number of esters is 2. The highest BCUT2D eigenvalue weighted by Gasteiger charge is 2.54. The average molecular weight is 724 g/mol. The fraction of sp³-hybridized carbons (Fsp3) is 0.632. The molecule has 0 aliphatic carbocycles. The first-order chi connectivity index (χ1) is 23.4. The summed E-state index contributed by atoms with van der Waals surface area (Å²) in [5, 5.41) is 36.8. The number of halogens is 2. The second-order valence-electron chi connectivity index (χ2n) is 14.1. The van der Waals surface area contributed by atoms with E-state index in [1.807, 2.05) is 13.8 Å². The Kier molecular flexibility index (Phi) is 15.2. The van der Waals surface area contributed by atoms with Gasteiger partial charge in [-0.1, -0.05) is 62.7 Å². The predicted octanol–water partition coefficient (Wildman–Crippen LogP) is 5.35. The van der Waals surface area contributed by atoms with Gasteiger partial charge < -0.3 is 39.6 Å². The van der Waals surface area contributed by atoms with Gasteiger partial charge in [-0.25, -0.2) is 4.39 Å². The fourth-order valence-electron chi connectivity index (χ4n) is 6.55. The van der Waals surface area contributed by atoms with Gasteiger partial charge in [-0.3, -0.25) is 9.59 Å². The summed E-state index contributed by atoms with van der Waals surface area (Å²) >= 11 is 5.88. The maximum Gasteiger partial charge on any atom is 0.309 e. The van der Waals surface area contributed by atoms with E-state index in [1.165, 1.54) is 26.0 Å². The van der Waals surface area contributed by atoms with Crippen molar-refractivity contribution in [3.8, 4) is 0 Å².